The van der Waals surface area contributed by atoms with Gasteiger partial charge < -0.3 is 42.9 Å². The van der Waals surface area contributed by atoms with Crippen LogP contribution < -0.4 is 34.0 Å². The molecule has 0 radical (unpaired) electrons. The summed E-state index contributed by atoms with van der Waals surface area (Å²) in [4.78, 5) is 0. The van der Waals surface area contributed by atoms with E-state index in [9.17, 15) is 0 Å². The number of hydrogen-bond acceptors (Lipinski definition) is 0. The fourth-order valence-corrected chi connectivity index (χ4v) is 6.70. The first-order valence-electron chi connectivity index (χ1n) is 15.9. The number of nitrogens with zero attached hydrogens (tertiary/aromatic N) is 2. The molecule has 2 aliphatic heterocycles. The van der Waals surface area contributed by atoms with E-state index in [1.165, 1.54) is 177 Å². The first-order chi connectivity index (χ1) is 16.7. The molecular formula is C32H62Br2N2. The number of hydrogen-bond donors (Lipinski definition) is 0. The summed E-state index contributed by atoms with van der Waals surface area (Å²) in [6, 6.07) is 0. The topological polar surface area (TPSA) is 0 Å². The average Bonchev–Trinajstić information content (AvgIpc) is 3.51. The Labute approximate surface area is 248 Å². The molecule has 0 N–H and O–H groups in total. The highest BCUT2D eigenvalue weighted by molar-refractivity contribution is 4.98. The molecule has 0 aromatic rings. The lowest BCUT2D eigenvalue weighted by atomic mass is 10.1. The molecular weight excluding hydrogens is 572 g/mol. The molecule has 0 aromatic heterocycles. The summed E-state index contributed by atoms with van der Waals surface area (Å²) in [5.41, 5.74) is 0. The van der Waals surface area contributed by atoms with Crippen molar-refractivity contribution in [2.24, 2.45) is 0 Å². The largest absolute Gasteiger partial charge is 1.00 e. The summed E-state index contributed by atoms with van der Waals surface area (Å²) >= 11 is 0. The molecule has 2 heterocycles. The van der Waals surface area contributed by atoms with E-state index < -0.39 is 0 Å². The van der Waals surface area contributed by atoms with Crippen molar-refractivity contribution in [1.82, 2.24) is 0 Å². The van der Waals surface area contributed by atoms with Gasteiger partial charge in [-0.25, -0.2) is 0 Å². The van der Waals surface area contributed by atoms with Crippen LogP contribution in [-0.4, -0.2) is 61.3 Å². The quantitative estimate of drug-likeness (QED) is 0.110. The Morgan fingerprint density at radius 1 is 0.417 bits per heavy atom. The number of quaternary nitrogens is 2. The summed E-state index contributed by atoms with van der Waals surface area (Å²) in [5.74, 6) is 7.25. The Hall–Kier alpha value is 0.440. The highest BCUT2D eigenvalue weighted by Crippen LogP contribution is 2.23. The zero-order valence-electron chi connectivity index (χ0n) is 24.4. The van der Waals surface area contributed by atoms with Crippen molar-refractivity contribution in [3.05, 3.63) is 0 Å². The lowest BCUT2D eigenvalue weighted by molar-refractivity contribution is -0.916. The van der Waals surface area contributed by atoms with E-state index in [0.717, 1.165) is 12.8 Å². The van der Waals surface area contributed by atoms with E-state index in [-0.39, 0.29) is 34.0 Å². The molecule has 0 amide bonds. The smallest absolute Gasteiger partial charge is 0.0897 e. The van der Waals surface area contributed by atoms with Crippen molar-refractivity contribution in [2.45, 2.75) is 142 Å². The van der Waals surface area contributed by atoms with Crippen molar-refractivity contribution in [3.63, 3.8) is 0 Å². The molecule has 0 saturated carbocycles. The van der Waals surface area contributed by atoms with Crippen molar-refractivity contribution in [1.29, 1.82) is 0 Å². The molecule has 2 nitrogen and oxygen atoms in total. The number of rotatable bonds is 20. The lowest BCUT2D eigenvalue weighted by Gasteiger charge is -2.34. The third-order valence-electron chi connectivity index (χ3n) is 9.05. The molecule has 2 fully saturated rings. The van der Waals surface area contributed by atoms with Crippen molar-refractivity contribution in [3.8, 4) is 11.8 Å². The molecule has 2 aliphatic rings. The van der Waals surface area contributed by atoms with Gasteiger partial charge in [0.2, 0.25) is 0 Å². The molecule has 0 spiro atoms. The van der Waals surface area contributed by atoms with Crippen LogP contribution in [-0.2, 0) is 0 Å². The third kappa shape index (κ3) is 15.8. The number of likely N-dealkylation sites (tertiary alicyclic amines) is 2. The second-order valence-electron chi connectivity index (χ2n) is 12.0. The fourth-order valence-electron chi connectivity index (χ4n) is 6.70. The van der Waals surface area contributed by atoms with E-state index in [0.29, 0.717) is 0 Å². The molecule has 0 unspecified atom stereocenters. The molecule has 214 valence electrons. The molecule has 2 rings (SSSR count). The SMILES string of the molecule is CCCCCCCCC[N+]1(CCC#CCC[N+]2(CCCCCCCCC)CCCC2)CCCC1.[Br-].[Br-]. The minimum atomic E-state index is 0. The second kappa shape index (κ2) is 23.3. The van der Waals surface area contributed by atoms with Crippen molar-refractivity contribution in [2.75, 3.05) is 52.4 Å². The van der Waals surface area contributed by atoms with E-state index in [1.54, 1.807) is 0 Å². The molecule has 4 heteroatoms. The first kappa shape index (κ1) is 36.4. The van der Waals surface area contributed by atoms with Gasteiger partial charge in [-0.1, -0.05) is 89.9 Å². The molecule has 0 aromatic carbocycles. The van der Waals surface area contributed by atoms with Crippen LogP contribution in [0.2, 0.25) is 0 Å². The molecule has 36 heavy (non-hydrogen) atoms. The highest BCUT2D eigenvalue weighted by atomic mass is 79.9. The van der Waals surface area contributed by atoms with Gasteiger partial charge in [-0.2, -0.15) is 0 Å². The van der Waals surface area contributed by atoms with E-state index in [2.05, 4.69) is 25.7 Å². The number of halogens is 2. The zero-order valence-corrected chi connectivity index (χ0v) is 27.6. The molecule has 0 bridgehead atoms. The Morgan fingerprint density at radius 3 is 1.06 bits per heavy atom. The van der Waals surface area contributed by atoms with Crippen molar-refractivity contribution >= 4 is 0 Å². The Kier molecular flexibility index (Phi) is 23.6. The second-order valence-corrected chi connectivity index (χ2v) is 12.0. The maximum Gasteiger partial charge on any atom is 0.0897 e. The summed E-state index contributed by atoms with van der Waals surface area (Å²) in [6.45, 7) is 15.8. The lowest BCUT2D eigenvalue weighted by Crippen LogP contribution is -3.00. The summed E-state index contributed by atoms with van der Waals surface area (Å²) in [5, 5.41) is 0. The summed E-state index contributed by atoms with van der Waals surface area (Å²) in [6.07, 6.45) is 28.2. The van der Waals surface area contributed by atoms with Crippen LogP contribution in [0.15, 0.2) is 0 Å². The van der Waals surface area contributed by atoms with Gasteiger partial charge in [-0.3, -0.25) is 0 Å². The van der Waals surface area contributed by atoms with E-state index in [4.69, 9.17) is 0 Å². The Balaban J connectivity index is 0.00000612. The van der Waals surface area contributed by atoms with Crippen LogP contribution >= 0.6 is 0 Å². The van der Waals surface area contributed by atoms with Gasteiger partial charge in [0.25, 0.3) is 0 Å². The minimum Gasteiger partial charge on any atom is -1.00 e. The van der Waals surface area contributed by atoms with Crippen molar-refractivity contribution < 1.29 is 42.9 Å². The van der Waals surface area contributed by atoms with Crippen LogP contribution in [0.4, 0.5) is 0 Å². The van der Waals surface area contributed by atoms with Gasteiger partial charge in [-0.05, 0) is 25.7 Å². The van der Waals surface area contributed by atoms with Gasteiger partial charge in [0.1, 0.15) is 0 Å². The standard InChI is InChI=1S/C32H62N2.2BrH/c1-3-5-7-9-11-13-17-25-33(29-21-22-30-33)27-19-15-16-20-28-34(31-23-24-32-34)26-18-14-12-10-8-6-4-2;;/h3-14,17-32H2,1-2H3;2*1H/q+2;;/p-2. The Morgan fingerprint density at radius 2 is 0.722 bits per heavy atom. The third-order valence-corrected chi connectivity index (χ3v) is 9.05. The minimum absolute atomic E-state index is 0. The predicted molar refractivity (Wildman–Crippen MR) is 151 cm³/mol. The predicted octanol–water partition coefficient (Wildman–Crippen LogP) is 2.50. The maximum atomic E-state index is 3.62. The normalized spacial score (nSPS) is 17.7. The number of unbranched alkanes of at least 4 members (excludes halogenated alkanes) is 12. The molecule has 0 aliphatic carbocycles. The Bertz CT molecular complexity index is 496. The van der Waals surface area contributed by atoms with Crippen LogP contribution in [0.3, 0.4) is 0 Å². The summed E-state index contributed by atoms with van der Waals surface area (Å²) in [7, 11) is 0. The van der Waals surface area contributed by atoms with Gasteiger partial charge >= 0.3 is 0 Å². The van der Waals surface area contributed by atoms with Gasteiger partial charge in [0.05, 0.1) is 65.2 Å². The van der Waals surface area contributed by atoms with Gasteiger partial charge in [0, 0.05) is 25.7 Å². The highest BCUT2D eigenvalue weighted by Gasteiger charge is 2.31. The molecule has 0 atom stereocenters. The van der Waals surface area contributed by atoms with E-state index >= 15 is 0 Å². The van der Waals surface area contributed by atoms with Gasteiger partial charge in [0.15, 0.2) is 0 Å². The maximum absolute atomic E-state index is 3.62. The van der Waals surface area contributed by atoms with Crippen LogP contribution in [0.5, 0.6) is 0 Å². The average molecular weight is 635 g/mol. The van der Waals surface area contributed by atoms with Gasteiger partial charge in [-0.15, -0.1) is 0 Å². The van der Waals surface area contributed by atoms with Crippen LogP contribution in [0.25, 0.3) is 0 Å². The monoisotopic (exact) mass is 632 g/mol. The van der Waals surface area contributed by atoms with E-state index in [1.807, 2.05) is 0 Å². The first-order valence-corrected chi connectivity index (χ1v) is 15.9. The molecule has 2 saturated heterocycles. The zero-order chi connectivity index (χ0) is 24.2. The van der Waals surface area contributed by atoms with Crippen LogP contribution in [0, 0.1) is 11.8 Å². The fraction of sp³-hybridized carbons (Fsp3) is 0.938. The van der Waals surface area contributed by atoms with Crippen LogP contribution in [0.1, 0.15) is 142 Å². The summed E-state index contributed by atoms with van der Waals surface area (Å²) < 4.78 is 2.78.